The molecule has 184 valence electrons. The van der Waals surface area contributed by atoms with E-state index < -0.39 is 10.0 Å². The largest absolute Gasteiger partial charge is 0.494 e. The van der Waals surface area contributed by atoms with E-state index in [4.69, 9.17) is 4.74 Å². The summed E-state index contributed by atoms with van der Waals surface area (Å²) in [6, 6.07) is 13.9. The molecule has 1 aliphatic rings. The number of hydrogen-bond donors (Lipinski definition) is 0. The molecule has 0 bridgehead atoms. The molecule has 0 unspecified atom stereocenters. The second-order valence-electron chi connectivity index (χ2n) is 8.51. The van der Waals surface area contributed by atoms with Gasteiger partial charge in [-0.15, -0.1) is 0 Å². The number of aromatic nitrogens is 1. The summed E-state index contributed by atoms with van der Waals surface area (Å²) in [5, 5.41) is 0.775. The number of ether oxygens (including phenoxy) is 1. The van der Waals surface area contributed by atoms with Gasteiger partial charge in [0.25, 0.3) is 0 Å². The number of pyridine rings is 1. The molecule has 8 nitrogen and oxygen atoms in total. The lowest BCUT2D eigenvalue weighted by Crippen LogP contribution is -2.50. The van der Waals surface area contributed by atoms with Crippen LogP contribution in [-0.4, -0.2) is 67.1 Å². The van der Waals surface area contributed by atoms with Crippen LogP contribution in [0.5, 0.6) is 5.75 Å². The first kappa shape index (κ1) is 24.8. The van der Waals surface area contributed by atoms with Crippen LogP contribution in [0.25, 0.3) is 10.9 Å². The first-order valence-electron chi connectivity index (χ1n) is 11.7. The third-order valence-corrected chi connectivity index (χ3v) is 8.00. The Bertz CT molecular complexity index is 1330. The van der Waals surface area contributed by atoms with Gasteiger partial charge in [0.05, 0.1) is 12.1 Å². The predicted molar refractivity (Wildman–Crippen MR) is 133 cm³/mol. The smallest absolute Gasteiger partial charge is 0.245 e. The fourth-order valence-electron chi connectivity index (χ4n) is 4.19. The summed E-state index contributed by atoms with van der Waals surface area (Å²) in [5.41, 5.74) is 1.95. The van der Waals surface area contributed by atoms with Crippen LogP contribution in [0.1, 0.15) is 35.7 Å². The SMILES string of the molecule is CCOc1ccc(C(=O)CCC(=O)N2CCN(S(=O)(=O)c3cccc4cc(C)cnc34)CC2)cc1. The summed E-state index contributed by atoms with van der Waals surface area (Å²) < 4.78 is 33.4. The number of amides is 1. The van der Waals surface area contributed by atoms with Crippen LogP contribution >= 0.6 is 0 Å². The van der Waals surface area contributed by atoms with Crippen LogP contribution in [0, 0.1) is 6.92 Å². The maximum Gasteiger partial charge on any atom is 0.245 e. The number of hydrogen-bond acceptors (Lipinski definition) is 6. The molecule has 0 aliphatic carbocycles. The zero-order valence-corrected chi connectivity index (χ0v) is 20.8. The number of Topliss-reactive ketones (excluding diaryl/α,β-unsaturated/α-hetero) is 1. The van der Waals surface area contributed by atoms with Gasteiger partial charge in [-0.1, -0.05) is 12.1 Å². The van der Waals surface area contributed by atoms with E-state index >= 15 is 0 Å². The topological polar surface area (TPSA) is 96.9 Å². The van der Waals surface area contributed by atoms with Crippen LogP contribution in [0.15, 0.2) is 59.6 Å². The number of piperazine rings is 1. The Morgan fingerprint density at radius 3 is 2.40 bits per heavy atom. The number of benzene rings is 2. The van der Waals surface area contributed by atoms with E-state index in [-0.39, 0.29) is 55.6 Å². The molecule has 0 spiro atoms. The summed E-state index contributed by atoms with van der Waals surface area (Å²) >= 11 is 0. The maximum atomic E-state index is 13.3. The Labute approximate surface area is 205 Å². The van der Waals surface area contributed by atoms with Crippen LogP contribution in [0.4, 0.5) is 0 Å². The number of carbonyl (C=O) groups is 2. The van der Waals surface area contributed by atoms with E-state index in [9.17, 15) is 18.0 Å². The van der Waals surface area contributed by atoms with Gasteiger partial charge in [0.15, 0.2) is 5.78 Å². The van der Waals surface area contributed by atoms with Crippen molar-refractivity contribution in [3.05, 3.63) is 65.9 Å². The Balaban J connectivity index is 1.34. The van der Waals surface area contributed by atoms with Crippen LogP contribution < -0.4 is 4.74 Å². The van der Waals surface area contributed by atoms with Crippen molar-refractivity contribution in [2.75, 3.05) is 32.8 Å². The molecule has 1 aliphatic heterocycles. The molecule has 2 heterocycles. The highest BCUT2D eigenvalue weighted by Gasteiger charge is 2.31. The Hall–Kier alpha value is -3.30. The monoisotopic (exact) mass is 495 g/mol. The lowest BCUT2D eigenvalue weighted by molar-refractivity contribution is -0.132. The number of fused-ring (bicyclic) bond motifs is 1. The standard InChI is InChI=1S/C26H29N3O5S/c1-3-34-22-9-7-20(8-10-22)23(30)11-12-25(31)28-13-15-29(16-14-28)35(32,33)24-6-4-5-21-17-19(2)18-27-26(21)24/h4-10,17-18H,3,11-16H2,1-2H3. The summed E-state index contributed by atoms with van der Waals surface area (Å²) in [6.07, 6.45) is 1.85. The lowest BCUT2D eigenvalue weighted by atomic mass is 10.1. The number of para-hydroxylation sites is 1. The zero-order chi connectivity index (χ0) is 25.0. The van der Waals surface area contributed by atoms with Crippen molar-refractivity contribution in [2.24, 2.45) is 0 Å². The molecule has 1 amide bonds. The molecule has 1 aromatic heterocycles. The summed E-state index contributed by atoms with van der Waals surface area (Å²) in [7, 11) is -3.75. The van der Waals surface area contributed by atoms with Crippen LogP contribution in [-0.2, 0) is 14.8 Å². The third-order valence-electron chi connectivity index (χ3n) is 6.07. The van der Waals surface area contributed by atoms with Crippen molar-refractivity contribution in [1.82, 2.24) is 14.2 Å². The normalized spacial score (nSPS) is 14.7. The number of nitrogens with zero attached hydrogens (tertiary/aromatic N) is 3. The molecule has 9 heteroatoms. The number of aryl methyl sites for hydroxylation is 1. The van der Waals surface area contributed by atoms with Gasteiger partial charge in [0.2, 0.25) is 15.9 Å². The highest BCUT2D eigenvalue weighted by Crippen LogP contribution is 2.26. The van der Waals surface area contributed by atoms with Gasteiger partial charge in [0, 0.05) is 56.2 Å². The number of ketones is 1. The molecule has 1 fully saturated rings. The molecule has 0 radical (unpaired) electrons. The Morgan fingerprint density at radius 2 is 1.71 bits per heavy atom. The minimum atomic E-state index is -3.75. The summed E-state index contributed by atoms with van der Waals surface area (Å²) in [4.78, 5) is 31.3. The molecule has 3 aromatic rings. The van der Waals surface area contributed by atoms with E-state index in [0.29, 0.717) is 23.4 Å². The minimum Gasteiger partial charge on any atom is -0.494 e. The van der Waals surface area contributed by atoms with Crippen molar-refractivity contribution in [2.45, 2.75) is 31.6 Å². The van der Waals surface area contributed by atoms with Crippen molar-refractivity contribution in [3.8, 4) is 5.75 Å². The van der Waals surface area contributed by atoms with Gasteiger partial charge in [-0.2, -0.15) is 4.31 Å². The van der Waals surface area contributed by atoms with E-state index in [1.807, 2.05) is 26.0 Å². The second kappa shape index (κ2) is 10.5. The average molecular weight is 496 g/mol. The van der Waals surface area contributed by atoms with Crippen LogP contribution in [0.2, 0.25) is 0 Å². The fourth-order valence-corrected chi connectivity index (χ4v) is 5.78. The van der Waals surface area contributed by atoms with Crippen molar-refractivity contribution in [1.29, 1.82) is 0 Å². The second-order valence-corrected chi connectivity index (χ2v) is 10.4. The lowest BCUT2D eigenvalue weighted by Gasteiger charge is -2.34. The summed E-state index contributed by atoms with van der Waals surface area (Å²) in [6.45, 7) is 5.32. The first-order chi connectivity index (χ1) is 16.8. The predicted octanol–water partition coefficient (Wildman–Crippen LogP) is 3.44. The molecule has 4 rings (SSSR count). The van der Waals surface area contributed by atoms with E-state index in [0.717, 1.165) is 10.9 Å². The molecule has 0 N–H and O–H groups in total. The molecular formula is C26H29N3O5S. The van der Waals surface area contributed by atoms with E-state index in [1.54, 1.807) is 47.5 Å². The number of sulfonamides is 1. The Morgan fingerprint density at radius 1 is 1.00 bits per heavy atom. The first-order valence-corrected chi connectivity index (χ1v) is 13.1. The highest BCUT2D eigenvalue weighted by molar-refractivity contribution is 7.89. The molecule has 0 saturated carbocycles. The minimum absolute atomic E-state index is 0.0887. The fraction of sp³-hybridized carbons (Fsp3) is 0.346. The highest BCUT2D eigenvalue weighted by atomic mass is 32.2. The third kappa shape index (κ3) is 5.52. The molecular weight excluding hydrogens is 466 g/mol. The molecule has 35 heavy (non-hydrogen) atoms. The number of rotatable bonds is 8. The van der Waals surface area contributed by atoms with Gasteiger partial charge in [-0.3, -0.25) is 14.6 Å². The van der Waals surface area contributed by atoms with Crippen molar-refractivity contribution in [3.63, 3.8) is 0 Å². The molecule has 2 aromatic carbocycles. The van der Waals surface area contributed by atoms with Gasteiger partial charge in [-0.25, -0.2) is 8.42 Å². The average Bonchev–Trinajstić information content (AvgIpc) is 2.87. The van der Waals surface area contributed by atoms with Gasteiger partial charge in [0.1, 0.15) is 10.6 Å². The van der Waals surface area contributed by atoms with E-state index in [1.165, 1.54) is 4.31 Å². The number of carbonyl (C=O) groups excluding carboxylic acids is 2. The van der Waals surface area contributed by atoms with Crippen molar-refractivity contribution < 1.29 is 22.7 Å². The quantitative estimate of drug-likeness (QED) is 0.444. The molecule has 1 saturated heterocycles. The Kier molecular flexibility index (Phi) is 7.47. The van der Waals surface area contributed by atoms with Gasteiger partial charge in [-0.05, 0) is 55.8 Å². The van der Waals surface area contributed by atoms with Gasteiger partial charge < -0.3 is 9.64 Å². The zero-order valence-electron chi connectivity index (χ0n) is 19.9. The summed E-state index contributed by atoms with van der Waals surface area (Å²) in [5.74, 6) is 0.437. The van der Waals surface area contributed by atoms with Crippen molar-refractivity contribution >= 4 is 32.6 Å². The maximum absolute atomic E-state index is 13.3. The van der Waals surface area contributed by atoms with Gasteiger partial charge >= 0.3 is 0 Å². The molecule has 0 atom stereocenters. The van der Waals surface area contributed by atoms with E-state index in [2.05, 4.69) is 4.98 Å². The van der Waals surface area contributed by atoms with Crippen LogP contribution in [0.3, 0.4) is 0 Å².